The van der Waals surface area contributed by atoms with Crippen molar-refractivity contribution >= 4 is 17.5 Å². The van der Waals surface area contributed by atoms with Gasteiger partial charge in [0.05, 0.1) is 19.9 Å². The zero-order chi connectivity index (χ0) is 19.6. The molecule has 7 heteroatoms. The summed E-state index contributed by atoms with van der Waals surface area (Å²) in [7, 11) is 4.88. The Kier molecular flexibility index (Phi) is 5.89. The zero-order valence-corrected chi connectivity index (χ0v) is 16.3. The lowest BCUT2D eigenvalue weighted by Gasteiger charge is -2.26. The number of amides is 2. The molecule has 7 nitrogen and oxygen atoms in total. The molecule has 1 unspecified atom stereocenters. The lowest BCUT2D eigenvalue weighted by molar-refractivity contribution is -0.137. The first-order valence-electron chi connectivity index (χ1n) is 9.50. The average molecular weight is 375 g/mol. The fourth-order valence-electron chi connectivity index (χ4n) is 4.09. The quantitative estimate of drug-likeness (QED) is 0.819. The number of carbonyl (C=O) groups is 2. The first-order valence-corrected chi connectivity index (χ1v) is 9.50. The molecule has 2 fully saturated rings. The highest BCUT2D eigenvalue weighted by atomic mass is 16.5. The Labute approximate surface area is 160 Å². The lowest BCUT2D eigenvalue weighted by atomic mass is 9.99. The molecule has 3 rings (SSSR count). The van der Waals surface area contributed by atoms with Crippen molar-refractivity contribution in [3.8, 4) is 11.5 Å². The van der Waals surface area contributed by atoms with Crippen LogP contribution < -0.4 is 20.1 Å². The highest BCUT2D eigenvalue weighted by molar-refractivity contribution is 6.01. The Morgan fingerprint density at radius 2 is 1.85 bits per heavy atom. The molecule has 0 radical (unpaired) electrons. The standard InChI is InChI=1S/C20H29N3O4/c1-22(19(24)9-13-5-4-6-17(13)21)18-7-8-23(20(18)25)14-10-15(26-2)12-16(11-14)27-3/h10-13,17-18H,4-9,21H2,1-3H3/t13-,17+,18?/m0/s1. The van der Waals surface area contributed by atoms with Crippen LogP contribution in [0.25, 0.3) is 0 Å². The number of nitrogens with zero attached hydrogens (tertiary/aromatic N) is 2. The number of benzene rings is 1. The van der Waals surface area contributed by atoms with E-state index in [1.165, 1.54) is 0 Å². The summed E-state index contributed by atoms with van der Waals surface area (Å²) in [5.41, 5.74) is 6.81. The van der Waals surface area contributed by atoms with Crippen LogP contribution in [0.3, 0.4) is 0 Å². The van der Waals surface area contributed by atoms with Crippen LogP contribution in [-0.4, -0.2) is 56.6 Å². The Morgan fingerprint density at radius 1 is 1.19 bits per heavy atom. The van der Waals surface area contributed by atoms with E-state index in [0.29, 0.717) is 30.9 Å². The van der Waals surface area contributed by atoms with Gasteiger partial charge in [-0.25, -0.2) is 0 Å². The van der Waals surface area contributed by atoms with Gasteiger partial charge in [0, 0.05) is 44.3 Å². The van der Waals surface area contributed by atoms with E-state index in [-0.39, 0.29) is 23.8 Å². The number of carbonyl (C=O) groups excluding carboxylic acids is 2. The fraction of sp³-hybridized carbons (Fsp3) is 0.600. The molecule has 1 saturated carbocycles. The van der Waals surface area contributed by atoms with E-state index >= 15 is 0 Å². The van der Waals surface area contributed by atoms with Crippen molar-refractivity contribution in [1.29, 1.82) is 0 Å². The van der Waals surface area contributed by atoms with Gasteiger partial charge < -0.3 is 25.0 Å². The third-order valence-corrected chi connectivity index (χ3v) is 5.84. The Hall–Kier alpha value is -2.28. The summed E-state index contributed by atoms with van der Waals surface area (Å²) in [5, 5.41) is 0. The van der Waals surface area contributed by atoms with Gasteiger partial charge in [-0.15, -0.1) is 0 Å². The van der Waals surface area contributed by atoms with Crippen LogP contribution in [0, 0.1) is 5.92 Å². The van der Waals surface area contributed by atoms with E-state index in [1.54, 1.807) is 37.1 Å². The number of anilines is 1. The van der Waals surface area contributed by atoms with Crippen LogP contribution in [0.1, 0.15) is 32.1 Å². The van der Waals surface area contributed by atoms with Crippen LogP contribution in [0.5, 0.6) is 11.5 Å². The smallest absolute Gasteiger partial charge is 0.249 e. The normalized spacial score (nSPS) is 25.0. The molecule has 0 bridgehead atoms. The molecule has 3 atom stereocenters. The summed E-state index contributed by atoms with van der Waals surface area (Å²) >= 11 is 0. The van der Waals surface area contributed by atoms with Gasteiger partial charge in [0.2, 0.25) is 11.8 Å². The summed E-state index contributed by atoms with van der Waals surface area (Å²) in [4.78, 5) is 29.0. The van der Waals surface area contributed by atoms with Gasteiger partial charge in [-0.05, 0) is 25.2 Å². The molecule has 148 valence electrons. The molecule has 27 heavy (non-hydrogen) atoms. The van der Waals surface area contributed by atoms with E-state index < -0.39 is 6.04 Å². The molecule has 0 aromatic heterocycles. The van der Waals surface area contributed by atoms with Crippen LogP contribution >= 0.6 is 0 Å². The van der Waals surface area contributed by atoms with Crippen molar-refractivity contribution in [2.75, 3.05) is 32.7 Å². The fourth-order valence-corrected chi connectivity index (χ4v) is 4.09. The van der Waals surface area contributed by atoms with Gasteiger partial charge in [-0.1, -0.05) is 6.42 Å². The van der Waals surface area contributed by atoms with Crippen LogP contribution in [0.15, 0.2) is 18.2 Å². The number of hydrogen-bond donors (Lipinski definition) is 1. The Bertz CT molecular complexity index is 686. The molecule has 1 aromatic carbocycles. The average Bonchev–Trinajstić information content (AvgIpc) is 3.26. The second-order valence-electron chi connectivity index (χ2n) is 7.43. The minimum absolute atomic E-state index is 0.000716. The first kappa shape index (κ1) is 19.5. The van der Waals surface area contributed by atoms with Gasteiger partial charge in [0.15, 0.2) is 0 Å². The van der Waals surface area contributed by atoms with Crippen molar-refractivity contribution < 1.29 is 19.1 Å². The third-order valence-electron chi connectivity index (χ3n) is 5.84. The van der Waals surface area contributed by atoms with Crippen molar-refractivity contribution in [2.45, 2.75) is 44.2 Å². The van der Waals surface area contributed by atoms with Gasteiger partial charge in [-0.2, -0.15) is 0 Å². The summed E-state index contributed by atoms with van der Waals surface area (Å²) in [6, 6.07) is 5.04. The van der Waals surface area contributed by atoms with Gasteiger partial charge in [-0.3, -0.25) is 9.59 Å². The molecule has 1 saturated heterocycles. The van der Waals surface area contributed by atoms with Crippen molar-refractivity contribution in [2.24, 2.45) is 11.7 Å². The van der Waals surface area contributed by atoms with E-state index in [0.717, 1.165) is 24.9 Å². The van der Waals surface area contributed by atoms with Crippen molar-refractivity contribution in [1.82, 2.24) is 4.90 Å². The molecule has 1 aromatic rings. The Balaban J connectivity index is 1.70. The van der Waals surface area contributed by atoms with Gasteiger partial charge in [0.1, 0.15) is 17.5 Å². The topological polar surface area (TPSA) is 85.1 Å². The number of ether oxygens (including phenoxy) is 2. The maximum absolute atomic E-state index is 13.0. The maximum Gasteiger partial charge on any atom is 0.249 e. The van der Waals surface area contributed by atoms with Crippen molar-refractivity contribution in [3.63, 3.8) is 0 Å². The molecule has 2 aliphatic rings. The molecular formula is C20H29N3O4. The van der Waals surface area contributed by atoms with Crippen LogP contribution in [0.2, 0.25) is 0 Å². The van der Waals surface area contributed by atoms with E-state index in [4.69, 9.17) is 15.2 Å². The van der Waals surface area contributed by atoms with E-state index in [1.807, 2.05) is 12.1 Å². The predicted octanol–water partition coefficient (Wildman–Crippen LogP) is 1.78. The molecule has 2 amide bonds. The predicted molar refractivity (Wildman–Crippen MR) is 103 cm³/mol. The number of nitrogens with two attached hydrogens (primary N) is 1. The lowest BCUT2D eigenvalue weighted by Crippen LogP contribution is -2.44. The van der Waals surface area contributed by atoms with E-state index in [2.05, 4.69) is 0 Å². The summed E-state index contributed by atoms with van der Waals surface area (Å²) in [6.45, 7) is 0.556. The largest absolute Gasteiger partial charge is 0.497 e. The highest BCUT2D eigenvalue weighted by Crippen LogP contribution is 2.32. The summed E-state index contributed by atoms with van der Waals surface area (Å²) in [6.07, 6.45) is 4.09. The first-order chi connectivity index (χ1) is 12.9. The molecule has 1 aliphatic heterocycles. The maximum atomic E-state index is 13.0. The van der Waals surface area contributed by atoms with Gasteiger partial charge in [0.25, 0.3) is 0 Å². The SMILES string of the molecule is COc1cc(OC)cc(N2CCC(N(C)C(=O)C[C@@H]3CCC[C@H]3N)C2=O)c1. The van der Waals surface area contributed by atoms with E-state index in [9.17, 15) is 9.59 Å². The minimum Gasteiger partial charge on any atom is -0.497 e. The summed E-state index contributed by atoms with van der Waals surface area (Å²) in [5.74, 6) is 1.41. The molecule has 1 heterocycles. The molecule has 2 N–H and O–H groups in total. The minimum atomic E-state index is -0.438. The number of hydrogen-bond acceptors (Lipinski definition) is 5. The number of methoxy groups -OCH3 is 2. The number of rotatable bonds is 6. The molecular weight excluding hydrogens is 346 g/mol. The molecule has 0 spiro atoms. The number of likely N-dealkylation sites (N-methyl/N-ethyl adjacent to an activating group) is 1. The summed E-state index contributed by atoms with van der Waals surface area (Å²) < 4.78 is 10.6. The molecule has 1 aliphatic carbocycles. The third kappa shape index (κ3) is 4.03. The van der Waals surface area contributed by atoms with Gasteiger partial charge >= 0.3 is 0 Å². The van der Waals surface area contributed by atoms with Crippen LogP contribution in [0.4, 0.5) is 5.69 Å². The Morgan fingerprint density at radius 3 is 2.41 bits per heavy atom. The van der Waals surface area contributed by atoms with Crippen LogP contribution in [-0.2, 0) is 9.59 Å². The highest BCUT2D eigenvalue weighted by Gasteiger charge is 2.38. The second-order valence-corrected chi connectivity index (χ2v) is 7.43. The second kappa shape index (κ2) is 8.17. The van der Waals surface area contributed by atoms with Crippen molar-refractivity contribution in [3.05, 3.63) is 18.2 Å². The zero-order valence-electron chi connectivity index (χ0n) is 16.3. The monoisotopic (exact) mass is 375 g/mol.